The molecule has 0 spiro atoms. The first-order chi connectivity index (χ1) is 6.24. The molecule has 0 aromatic carbocycles. The maximum absolute atomic E-state index is 4.32. The molecule has 13 heavy (non-hydrogen) atoms. The van der Waals surface area contributed by atoms with Crippen molar-refractivity contribution in [1.82, 2.24) is 4.98 Å². The van der Waals surface area contributed by atoms with Crippen LogP contribution in [-0.2, 0) is 0 Å². The molecule has 1 aromatic heterocycles. The summed E-state index contributed by atoms with van der Waals surface area (Å²) in [7, 11) is 0. The Bertz CT molecular complexity index is 305. The van der Waals surface area contributed by atoms with E-state index in [1.165, 1.54) is 17.4 Å². The van der Waals surface area contributed by atoms with Crippen molar-refractivity contribution in [3.8, 4) is 0 Å². The standard InChI is InChI=1S/C11H16BN/c1-4-6-10(3)12-11-9(2)7-5-8-13-11/h5,7-8H,4,6H2,1-3H3. The van der Waals surface area contributed by atoms with Crippen LogP contribution in [0.3, 0.4) is 0 Å². The minimum absolute atomic E-state index is 1.11. The Kier molecular flexibility index (Phi) is 3.87. The van der Waals surface area contributed by atoms with Gasteiger partial charge in [0.2, 0.25) is 0 Å². The summed E-state index contributed by atoms with van der Waals surface area (Å²) in [5.74, 6) is 0. The van der Waals surface area contributed by atoms with Gasteiger partial charge >= 0.3 is 80.5 Å². The number of aromatic nitrogens is 1. The van der Waals surface area contributed by atoms with Crippen molar-refractivity contribution in [2.45, 2.75) is 33.6 Å². The molecule has 0 saturated carbocycles. The molecule has 1 heterocycles. The summed E-state index contributed by atoms with van der Waals surface area (Å²) >= 11 is 0. The first-order valence-electron chi connectivity index (χ1n) is 4.83. The molecule has 0 radical (unpaired) electrons. The maximum atomic E-state index is 4.32. The van der Waals surface area contributed by atoms with E-state index in [2.05, 4.69) is 38.7 Å². The monoisotopic (exact) mass is 173 g/mol. The van der Waals surface area contributed by atoms with Gasteiger partial charge in [0.25, 0.3) is 0 Å². The van der Waals surface area contributed by atoms with Crippen molar-refractivity contribution in [2.24, 2.45) is 0 Å². The number of hydrogen-bond donors (Lipinski definition) is 0. The summed E-state index contributed by atoms with van der Waals surface area (Å²) in [6.45, 7) is 8.64. The zero-order chi connectivity index (χ0) is 9.68. The molecule has 0 aliphatic carbocycles. The van der Waals surface area contributed by atoms with Crippen molar-refractivity contribution in [1.29, 1.82) is 0 Å². The van der Waals surface area contributed by atoms with E-state index in [4.69, 9.17) is 0 Å². The van der Waals surface area contributed by atoms with Crippen molar-refractivity contribution >= 4 is 18.0 Å². The van der Waals surface area contributed by atoms with E-state index in [0.717, 1.165) is 12.0 Å². The van der Waals surface area contributed by atoms with Gasteiger partial charge in [-0.3, -0.25) is 0 Å². The Morgan fingerprint density at radius 2 is 2.31 bits per heavy atom. The predicted octanol–water partition coefficient (Wildman–Crippen LogP) is 1.71. The van der Waals surface area contributed by atoms with Crippen molar-refractivity contribution in [3.63, 3.8) is 0 Å². The Morgan fingerprint density at radius 1 is 1.54 bits per heavy atom. The van der Waals surface area contributed by atoms with Crippen LogP contribution in [0.25, 0.3) is 0 Å². The van der Waals surface area contributed by atoms with Crippen molar-refractivity contribution in [2.75, 3.05) is 0 Å². The summed E-state index contributed by atoms with van der Waals surface area (Å²) in [6.07, 6.45) is 4.21. The molecule has 0 amide bonds. The second kappa shape index (κ2) is 4.95. The van der Waals surface area contributed by atoms with Gasteiger partial charge in [0.15, 0.2) is 0 Å². The van der Waals surface area contributed by atoms with Gasteiger partial charge in [0, 0.05) is 0 Å². The third-order valence-corrected chi connectivity index (χ3v) is 2.08. The van der Waals surface area contributed by atoms with Gasteiger partial charge in [0.1, 0.15) is 0 Å². The predicted molar refractivity (Wildman–Crippen MR) is 60.0 cm³/mol. The number of hydrogen-bond acceptors (Lipinski definition) is 1. The van der Waals surface area contributed by atoms with E-state index < -0.39 is 0 Å². The van der Waals surface area contributed by atoms with Gasteiger partial charge in [-0.25, -0.2) is 0 Å². The molecule has 0 aliphatic heterocycles. The quantitative estimate of drug-likeness (QED) is 0.634. The van der Waals surface area contributed by atoms with Gasteiger partial charge in [0.05, 0.1) is 0 Å². The van der Waals surface area contributed by atoms with Gasteiger partial charge in [-0.15, -0.1) is 0 Å². The van der Waals surface area contributed by atoms with Crippen LogP contribution in [-0.4, -0.2) is 17.4 Å². The fourth-order valence-electron chi connectivity index (χ4n) is 1.35. The average Bonchev–Trinajstić information content (AvgIpc) is 2.09. The van der Waals surface area contributed by atoms with Crippen LogP contribution in [0.2, 0.25) is 0 Å². The third-order valence-electron chi connectivity index (χ3n) is 2.08. The summed E-state index contributed by atoms with van der Waals surface area (Å²) in [5, 5.41) is 0. The first-order valence-corrected chi connectivity index (χ1v) is 4.83. The first kappa shape index (κ1) is 10.2. The fourth-order valence-corrected chi connectivity index (χ4v) is 1.35. The molecule has 0 N–H and O–H groups in total. The Balaban J connectivity index is 2.84. The molecule has 68 valence electrons. The molecule has 1 rings (SSSR count). The molecule has 0 saturated heterocycles. The van der Waals surface area contributed by atoms with E-state index in [-0.39, 0.29) is 0 Å². The van der Waals surface area contributed by atoms with Crippen LogP contribution >= 0.6 is 0 Å². The molecular formula is C11H16BN. The molecule has 2 heteroatoms. The number of pyridine rings is 1. The average molecular weight is 173 g/mol. The van der Waals surface area contributed by atoms with E-state index in [0.29, 0.717) is 0 Å². The van der Waals surface area contributed by atoms with Crippen LogP contribution in [0, 0.1) is 6.92 Å². The Hall–Kier alpha value is -0.915. The van der Waals surface area contributed by atoms with Crippen LogP contribution in [0.1, 0.15) is 32.3 Å². The number of rotatable bonds is 3. The number of aryl methyl sites for hydroxylation is 1. The molecule has 0 bridgehead atoms. The van der Waals surface area contributed by atoms with Crippen LogP contribution in [0.5, 0.6) is 0 Å². The second-order valence-electron chi connectivity index (χ2n) is 3.45. The third kappa shape index (κ3) is 3.13. The summed E-state index contributed by atoms with van der Waals surface area (Å²) < 4.78 is 0. The van der Waals surface area contributed by atoms with E-state index in [9.17, 15) is 0 Å². The minimum atomic E-state index is 1.11. The second-order valence-corrected chi connectivity index (χ2v) is 3.45. The van der Waals surface area contributed by atoms with Gasteiger partial charge in [-0.2, -0.15) is 0 Å². The van der Waals surface area contributed by atoms with Crippen LogP contribution in [0.15, 0.2) is 18.3 Å². The van der Waals surface area contributed by atoms with Crippen molar-refractivity contribution in [3.05, 3.63) is 23.9 Å². The molecule has 1 aromatic rings. The van der Waals surface area contributed by atoms with Crippen LogP contribution < -0.4 is 5.59 Å². The van der Waals surface area contributed by atoms with E-state index >= 15 is 0 Å². The summed E-state index contributed by atoms with van der Waals surface area (Å²) in [6, 6.07) is 4.07. The molecule has 0 aliphatic rings. The Morgan fingerprint density at radius 3 is 2.92 bits per heavy atom. The zero-order valence-corrected chi connectivity index (χ0v) is 8.67. The Labute approximate surface area is 81.1 Å². The van der Waals surface area contributed by atoms with Gasteiger partial charge < -0.3 is 0 Å². The van der Waals surface area contributed by atoms with Crippen LogP contribution in [0.4, 0.5) is 0 Å². The molecular weight excluding hydrogens is 157 g/mol. The molecule has 1 nitrogen and oxygen atoms in total. The van der Waals surface area contributed by atoms with Crippen molar-refractivity contribution < 1.29 is 0 Å². The summed E-state index contributed by atoms with van der Waals surface area (Å²) in [4.78, 5) is 4.32. The topological polar surface area (TPSA) is 12.9 Å². The molecule has 0 atom stereocenters. The van der Waals surface area contributed by atoms with Gasteiger partial charge in [-0.1, -0.05) is 0 Å². The van der Waals surface area contributed by atoms with E-state index in [1.54, 1.807) is 0 Å². The van der Waals surface area contributed by atoms with E-state index in [1.807, 2.05) is 12.3 Å². The van der Waals surface area contributed by atoms with Gasteiger partial charge in [-0.05, 0) is 0 Å². The molecule has 0 unspecified atom stereocenters. The fraction of sp³-hybridized carbons (Fsp3) is 0.455. The summed E-state index contributed by atoms with van der Waals surface area (Å²) in [5.41, 5.74) is 3.76. The normalized spacial score (nSPS) is 11.2. The number of nitrogens with zero attached hydrogens (tertiary/aromatic N) is 1. The molecule has 0 fully saturated rings. The SMILES string of the molecule is CCCC(C)=Bc1ncccc1C. The zero-order valence-electron chi connectivity index (χ0n) is 8.67.